The topological polar surface area (TPSA) is 38.2 Å². The summed E-state index contributed by atoms with van der Waals surface area (Å²) in [7, 11) is 1.64. The van der Waals surface area contributed by atoms with Crippen molar-refractivity contribution >= 4 is 21.7 Å². The van der Waals surface area contributed by atoms with Crippen LogP contribution in [0, 0.1) is 0 Å². The van der Waals surface area contributed by atoms with Gasteiger partial charge in [-0.05, 0) is 25.7 Å². The Hall–Kier alpha value is -0.840. The first-order valence-electron chi connectivity index (χ1n) is 6.04. The molecule has 1 saturated heterocycles. The summed E-state index contributed by atoms with van der Waals surface area (Å²) in [4.78, 5) is 10.8. The molecule has 1 unspecified atom stereocenters. The number of nitrogens with zero attached hydrogens (tertiary/aromatic N) is 3. The van der Waals surface area contributed by atoms with Gasteiger partial charge in [0.1, 0.15) is 12.1 Å². The SMILES string of the molecule is COc1cc(N2CCCC2CCCBr)ncn1. The van der Waals surface area contributed by atoms with Gasteiger partial charge in [0.25, 0.3) is 0 Å². The second-order valence-electron chi connectivity index (χ2n) is 4.24. The van der Waals surface area contributed by atoms with E-state index >= 15 is 0 Å². The van der Waals surface area contributed by atoms with Crippen LogP contribution in [0.2, 0.25) is 0 Å². The number of rotatable bonds is 5. The third-order valence-electron chi connectivity index (χ3n) is 3.18. The van der Waals surface area contributed by atoms with E-state index in [1.54, 1.807) is 13.4 Å². The highest BCUT2D eigenvalue weighted by atomic mass is 79.9. The van der Waals surface area contributed by atoms with Crippen molar-refractivity contribution in [1.29, 1.82) is 0 Å². The lowest BCUT2D eigenvalue weighted by Crippen LogP contribution is -2.30. The maximum Gasteiger partial charge on any atom is 0.218 e. The summed E-state index contributed by atoms with van der Waals surface area (Å²) in [6.45, 7) is 1.09. The van der Waals surface area contributed by atoms with Crippen LogP contribution >= 0.6 is 15.9 Å². The van der Waals surface area contributed by atoms with Crippen molar-refractivity contribution in [3.05, 3.63) is 12.4 Å². The van der Waals surface area contributed by atoms with E-state index in [0.717, 1.165) is 17.7 Å². The molecular formula is C12H18BrN3O. The van der Waals surface area contributed by atoms with Gasteiger partial charge in [-0.15, -0.1) is 0 Å². The second-order valence-corrected chi connectivity index (χ2v) is 5.03. The average molecular weight is 300 g/mol. The number of alkyl halides is 1. The molecule has 1 aromatic rings. The van der Waals surface area contributed by atoms with Gasteiger partial charge in [0.05, 0.1) is 7.11 Å². The van der Waals surface area contributed by atoms with Crippen molar-refractivity contribution in [2.45, 2.75) is 31.7 Å². The average Bonchev–Trinajstić information content (AvgIpc) is 2.84. The van der Waals surface area contributed by atoms with Gasteiger partial charge in [-0.2, -0.15) is 0 Å². The summed E-state index contributed by atoms with van der Waals surface area (Å²) >= 11 is 3.49. The van der Waals surface area contributed by atoms with Crippen LogP contribution < -0.4 is 9.64 Å². The van der Waals surface area contributed by atoms with Crippen LogP contribution in [-0.4, -0.2) is 35.0 Å². The first-order valence-corrected chi connectivity index (χ1v) is 7.16. The lowest BCUT2D eigenvalue weighted by Gasteiger charge is -2.25. The van der Waals surface area contributed by atoms with E-state index in [1.807, 2.05) is 6.07 Å². The highest BCUT2D eigenvalue weighted by molar-refractivity contribution is 9.09. The molecule has 2 rings (SSSR count). The molecule has 0 aromatic carbocycles. The van der Waals surface area contributed by atoms with Crippen molar-refractivity contribution < 1.29 is 4.74 Å². The maximum atomic E-state index is 5.15. The van der Waals surface area contributed by atoms with Crippen molar-refractivity contribution in [3.63, 3.8) is 0 Å². The smallest absolute Gasteiger partial charge is 0.218 e. The standard InChI is InChI=1S/C12H18BrN3O/c1-17-12-8-11(14-9-15-12)16-7-3-5-10(16)4-2-6-13/h8-10H,2-7H2,1H3. The molecule has 5 heteroatoms. The summed E-state index contributed by atoms with van der Waals surface area (Å²) in [5.74, 6) is 1.63. The van der Waals surface area contributed by atoms with Crippen molar-refractivity contribution in [2.24, 2.45) is 0 Å². The Kier molecular flexibility index (Phi) is 4.59. The van der Waals surface area contributed by atoms with Crippen LogP contribution in [0.4, 0.5) is 5.82 Å². The third kappa shape index (κ3) is 3.09. The molecule has 1 atom stereocenters. The Morgan fingerprint density at radius 1 is 1.53 bits per heavy atom. The molecule has 0 aliphatic carbocycles. The molecule has 1 aromatic heterocycles. The number of hydrogen-bond acceptors (Lipinski definition) is 4. The summed E-state index contributed by atoms with van der Waals surface area (Å²) in [5.41, 5.74) is 0. The van der Waals surface area contributed by atoms with Crippen LogP contribution in [-0.2, 0) is 0 Å². The predicted molar refractivity (Wildman–Crippen MR) is 72.0 cm³/mol. The molecule has 0 spiro atoms. The molecule has 4 nitrogen and oxygen atoms in total. The van der Waals surface area contributed by atoms with Gasteiger partial charge in [-0.3, -0.25) is 0 Å². The van der Waals surface area contributed by atoms with Crippen LogP contribution in [0.1, 0.15) is 25.7 Å². The lowest BCUT2D eigenvalue weighted by atomic mass is 10.1. The Balaban J connectivity index is 2.08. The van der Waals surface area contributed by atoms with Crippen LogP contribution in [0.25, 0.3) is 0 Å². The molecular weight excluding hydrogens is 282 g/mol. The summed E-state index contributed by atoms with van der Waals surface area (Å²) in [6, 6.07) is 2.54. The zero-order chi connectivity index (χ0) is 12.1. The molecule has 1 fully saturated rings. The minimum atomic E-state index is 0.618. The number of ether oxygens (including phenoxy) is 1. The van der Waals surface area contributed by atoms with E-state index in [2.05, 4.69) is 30.8 Å². The van der Waals surface area contributed by atoms with Crippen LogP contribution in [0.5, 0.6) is 5.88 Å². The van der Waals surface area contributed by atoms with Crippen molar-refractivity contribution in [1.82, 2.24) is 9.97 Å². The summed E-state index contributed by atoms with van der Waals surface area (Å²) in [5, 5.41) is 1.07. The summed E-state index contributed by atoms with van der Waals surface area (Å²) in [6.07, 6.45) is 6.52. The Labute approximate surface area is 111 Å². The third-order valence-corrected chi connectivity index (χ3v) is 3.74. The zero-order valence-corrected chi connectivity index (χ0v) is 11.7. The van der Waals surface area contributed by atoms with Gasteiger partial charge in [0, 0.05) is 24.0 Å². The van der Waals surface area contributed by atoms with Crippen LogP contribution in [0.15, 0.2) is 12.4 Å². The molecule has 0 saturated carbocycles. The monoisotopic (exact) mass is 299 g/mol. The van der Waals surface area contributed by atoms with Gasteiger partial charge < -0.3 is 9.64 Å². The molecule has 2 heterocycles. The number of hydrogen-bond donors (Lipinski definition) is 0. The Morgan fingerprint density at radius 2 is 2.41 bits per heavy atom. The number of aromatic nitrogens is 2. The fourth-order valence-corrected chi connectivity index (χ4v) is 2.67. The van der Waals surface area contributed by atoms with E-state index in [1.165, 1.54) is 25.7 Å². The Bertz CT molecular complexity index is 361. The Morgan fingerprint density at radius 3 is 3.18 bits per heavy atom. The largest absolute Gasteiger partial charge is 0.481 e. The molecule has 94 valence electrons. The minimum absolute atomic E-state index is 0.618. The maximum absolute atomic E-state index is 5.15. The van der Waals surface area contributed by atoms with Crippen molar-refractivity contribution in [2.75, 3.05) is 23.9 Å². The van der Waals surface area contributed by atoms with Crippen LogP contribution in [0.3, 0.4) is 0 Å². The predicted octanol–water partition coefficient (Wildman–Crippen LogP) is 2.63. The zero-order valence-electron chi connectivity index (χ0n) is 10.1. The fourth-order valence-electron chi connectivity index (χ4n) is 2.35. The first kappa shape index (κ1) is 12.6. The number of anilines is 1. The quantitative estimate of drug-likeness (QED) is 0.784. The minimum Gasteiger partial charge on any atom is -0.481 e. The normalized spacial score (nSPS) is 19.6. The number of methoxy groups -OCH3 is 1. The van der Waals surface area contributed by atoms with E-state index in [-0.39, 0.29) is 0 Å². The molecule has 0 N–H and O–H groups in total. The van der Waals surface area contributed by atoms with E-state index in [9.17, 15) is 0 Å². The first-order chi connectivity index (χ1) is 8.35. The van der Waals surface area contributed by atoms with Gasteiger partial charge in [0.2, 0.25) is 5.88 Å². The number of halogens is 1. The van der Waals surface area contributed by atoms with Crippen molar-refractivity contribution in [3.8, 4) is 5.88 Å². The molecule has 0 amide bonds. The molecule has 17 heavy (non-hydrogen) atoms. The van der Waals surface area contributed by atoms with Gasteiger partial charge in [-0.1, -0.05) is 15.9 Å². The van der Waals surface area contributed by atoms with E-state index in [4.69, 9.17) is 4.74 Å². The highest BCUT2D eigenvalue weighted by Gasteiger charge is 2.25. The molecule has 0 radical (unpaired) electrons. The van der Waals surface area contributed by atoms with E-state index < -0.39 is 0 Å². The second kappa shape index (κ2) is 6.19. The van der Waals surface area contributed by atoms with E-state index in [0.29, 0.717) is 11.9 Å². The summed E-state index contributed by atoms with van der Waals surface area (Å²) < 4.78 is 5.15. The lowest BCUT2D eigenvalue weighted by molar-refractivity contribution is 0.396. The molecule has 1 aliphatic heterocycles. The highest BCUT2D eigenvalue weighted by Crippen LogP contribution is 2.27. The van der Waals surface area contributed by atoms with Gasteiger partial charge >= 0.3 is 0 Å². The molecule has 0 bridgehead atoms. The molecule has 1 aliphatic rings. The van der Waals surface area contributed by atoms with Gasteiger partial charge in [-0.25, -0.2) is 9.97 Å². The van der Waals surface area contributed by atoms with Gasteiger partial charge in [0.15, 0.2) is 0 Å². The fraction of sp³-hybridized carbons (Fsp3) is 0.667.